The summed E-state index contributed by atoms with van der Waals surface area (Å²) in [6, 6.07) is 6.53. The Kier molecular flexibility index (Phi) is 2.94. The van der Waals surface area contributed by atoms with Crippen LogP contribution in [0.2, 0.25) is 0 Å². The smallest absolute Gasteiger partial charge is 0.122 e. The third-order valence-corrected chi connectivity index (χ3v) is 2.97. The van der Waals surface area contributed by atoms with E-state index < -0.39 is 0 Å². The van der Waals surface area contributed by atoms with Crippen molar-refractivity contribution in [3.05, 3.63) is 29.3 Å². The minimum absolute atomic E-state index is 0.161. The van der Waals surface area contributed by atoms with Gasteiger partial charge in [-0.05, 0) is 56.2 Å². The Morgan fingerprint density at radius 1 is 1.38 bits per heavy atom. The Morgan fingerprint density at radius 3 is 2.56 bits per heavy atom. The van der Waals surface area contributed by atoms with Gasteiger partial charge in [0.25, 0.3) is 0 Å². The summed E-state index contributed by atoms with van der Waals surface area (Å²) in [5.74, 6) is 1.76. The summed E-state index contributed by atoms with van der Waals surface area (Å²) < 4.78 is 5.46. The zero-order valence-electron chi connectivity index (χ0n) is 10.4. The Balaban J connectivity index is 2.22. The van der Waals surface area contributed by atoms with E-state index in [1.54, 1.807) is 7.11 Å². The molecule has 0 atom stereocenters. The molecule has 0 saturated heterocycles. The first kappa shape index (κ1) is 11.5. The lowest BCUT2D eigenvalue weighted by molar-refractivity contribution is 0.408. The van der Waals surface area contributed by atoms with Crippen molar-refractivity contribution >= 4 is 0 Å². The van der Waals surface area contributed by atoms with Gasteiger partial charge in [-0.25, -0.2) is 0 Å². The molecule has 1 fully saturated rings. The van der Waals surface area contributed by atoms with Gasteiger partial charge in [-0.3, -0.25) is 0 Å². The summed E-state index contributed by atoms with van der Waals surface area (Å²) in [4.78, 5) is 0. The second kappa shape index (κ2) is 4.10. The third-order valence-electron chi connectivity index (χ3n) is 2.97. The highest BCUT2D eigenvalue weighted by Crippen LogP contribution is 2.44. The molecule has 1 aromatic carbocycles. The van der Waals surface area contributed by atoms with Crippen LogP contribution < -0.4 is 10.5 Å². The van der Waals surface area contributed by atoms with Crippen LogP contribution in [0.3, 0.4) is 0 Å². The molecule has 0 aliphatic heterocycles. The van der Waals surface area contributed by atoms with Crippen molar-refractivity contribution in [3.63, 3.8) is 0 Å². The van der Waals surface area contributed by atoms with Crippen molar-refractivity contribution in [1.82, 2.24) is 0 Å². The Bertz CT molecular complexity index is 375. The number of methoxy groups -OCH3 is 1. The average Bonchev–Trinajstić information content (AvgIpc) is 2.98. The van der Waals surface area contributed by atoms with Gasteiger partial charge < -0.3 is 10.5 Å². The molecule has 2 heteroatoms. The number of benzene rings is 1. The van der Waals surface area contributed by atoms with E-state index in [1.165, 1.54) is 24.0 Å². The molecule has 2 N–H and O–H groups in total. The van der Waals surface area contributed by atoms with E-state index in [4.69, 9.17) is 10.5 Å². The van der Waals surface area contributed by atoms with Crippen molar-refractivity contribution in [3.8, 4) is 5.75 Å². The second-order valence-electron chi connectivity index (χ2n) is 5.52. The van der Waals surface area contributed by atoms with E-state index in [1.807, 2.05) is 13.8 Å². The molecule has 1 saturated carbocycles. The summed E-state index contributed by atoms with van der Waals surface area (Å²) in [5, 5.41) is 0. The van der Waals surface area contributed by atoms with Crippen LogP contribution in [-0.2, 0) is 6.42 Å². The molecule has 0 bridgehead atoms. The van der Waals surface area contributed by atoms with E-state index in [9.17, 15) is 0 Å². The molecule has 1 aromatic rings. The second-order valence-corrected chi connectivity index (χ2v) is 5.52. The van der Waals surface area contributed by atoms with E-state index in [0.717, 1.165) is 18.1 Å². The van der Waals surface area contributed by atoms with Gasteiger partial charge >= 0.3 is 0 Å². The van der Waals surface area contributed by atoms with Crippen LogP contribution in [0.1, 0.15) is 43.7 Å². The topological polar surface area (TPSA) is 35.2 Å². The molecule has 1 aliphatic carbocycles. The number of ether oxygens (including phenoxy) is 1. The average molecular weight is 219 g/mol. The highest BCUT2D eigenvalue weighted by Gasteiger charge is 2.26. The molecule has 88 valence electrons. The van der Waals surface area contributed by atoms with Gasteiger partial charge in [0.2, 0.25) is 0 Å². The summed E-state index contributed by atoms with van der Waals surface area (Å²) in [7, 11) is 1.75. The van der Waals surface area contributed by atoms with Crippen LogP contribution in [0, 0.1) is 0 Å². The number of rotatable bonds is 4. The van der Waals surface area contributed by atoms with Crippen LogP contribution >= 0.6 is 0 Å². The zero-order chi connectivity index (χ0) is 11.8. The first-order valence-electron chi connectivity index (χ1n) is 5.95. The summed E-state index contributed by atoms with van der Waals surface area (Å²) in [5.41, 5.74) is 8.49. The van der Waals surface area contributed by atoms with Gasteiger partial charge in [0, 0.05) is 5.54 Å². The van der Waals surface area contributed by atoms with Crippen LogP contribution in [0.5, 0.6) is 5.75 Å². The molecule has 0 amide bonds. The highest BCUT2D eigenvalue weighted by molar-refractivity contribution is 5.42. The van der Waals surface area contributed by atoms with Crippen LogP contribution in [-0.4, -0.2) is 12.6 Å². The molecule has 0 unspecified atom stereocenters. The van der Waals surface area contributed by atoms with Gasteiger partial charge in [-0.2, -0.15) is 0 Å². The number of hydrogen-bond donors (Lipinski definition) is 1. The fraction of sp³-hybridized carbons (Fsp3) is 0.571. The van der Waals surface area contributed by atoms with Gasteiger partial charge in [-0.1, -0.05) is 12.1 Å². The predicted molar refractivity (Wildman–Crippen MR) is 66.9 cm³/mol. The molecular formula is C14H21NO. The molecule has 0 heterocycles. The molecule has 0 radical (unpaired) electrons. The van der Waals surface area contributed by atoms with E-state index >= 15 is 0 Å². The monoisotopic (exact) mass is 219 g/mol. The normalized spacial score (nSPS) is 16.2. The van der Waals surface area contributed by atoms with Crippen LogP contribution in [0.4, 0.5) is 0 Å². The zero-order valence-corrected chi connectivity index (χ0v) is 10.4. The number of hydrogen-bond acceptors (Lipinski definition) is 2. The predicted octanol–water partition coefficient (Wildman–Crippen LogP) is 2.85. The van der Waals surface area contributed by atoms with Gasteiger partial charge in [-0.15, -0.1) is 0 Å². The SMILES string of the molecule is COc1cc(CC(C)(C)N)ccc1C1CC1. The number of nitrogens with two attached hydrogens (primary N) is 1. The largest absolute Gasteiger partial charge is 0.496 e. The van der Waals surface area contributed by atoms with E-state index in [2.05, 4.69) is 18.2 Å². The van der Waals surface area contributed by atoms with Crippen molar-refractivity contribution in [2.45, 2.75) is 44.6 Å². The molecule has 0 aromatic heterocycles. The fourth-order valence-electron chi connectivity index (χ4n) is 2.12. The Hall–Kier alpha value is -1.02. The fourth-order valence-corrected chi connectivity index (χ4v) is 2.12. The van der Waals surface area contributed by atoms with Gasteiger partial charge in [0.15, 0.2) is 0 Å². The molecule has 16 heavy (non-hydrogen) atoms. The summed E-state index contributed by atoms with van der Waals surface area (Å²) in [6.07, 6.45) is 3.49. The van der Waals surface area contributed by atoms with E-state index in [0.29, 0.717) is 0 Å². The lowest BCUT2D eigenvalue weighted by Crippen LogP contribution is -2.34. The molecule has 1 aliphatic rings. The summed E-state index contributed by atoms with van der Waals surface area (Å²) in [6.45, 7) is 4.10. The first-order chi connectivity index (χ1) is 7.49. The van der Waals surface area contributed by atoms with Gasteiger partial charge in [0.1, 0.15) is 5.75 Å². The molecule has 2 rings (SSSR count). The summed E-state index contributed by atoms with van der Waals surface area (Å²) >= 11 is 0. The maximum Gasteiger partial charge on any atom is 0.122 e. The molecular weight excluding hydrogens is 198 g/mol. The molecule has 0 spiro atoms. The maximum absolute atomic E-state index is 6.03. The Morgan fingerprint density at radius 2 is 2.06 bits per heavy atom. The Labute approximate surface area is 97.8 Å². The van der Waals surface area contributed by atoms with Crippen molar-refractivity contribution in [1.29, 1.82) is 0 Å². The standard InChI is InChI=1S/C14H21NO/c1-14(2,15)9-10-4-7-12(11-5-6-11)13(8-10)16-3/h4,7-8,11H,5-6,9,15H2,1-3H3. The minimum atomic E-state index is -0.161. The quantitative estimate of drug-likeness (QED) is 0.845. The van der Waals surface area contributed by atoms with Crippen LogP contribution in [0.25, 0.3) is 0 Å². The highest BCUT2D eigenvalue weighted by atomic mass is 16.5. The maximum atomic E-state index is 6.03. The van der Waals surface area contributed by atoms with Crippen molar-refractivity contribution in [2.24, 2.45) is 5.73 Å². The lowest BCUT2D eigenvalue weighted by atomic mass is 9.94. The molecule has 2 nitrogen and oxygen atoms in total. The van der Waals surface area contributed by atoms with Crippen molar-refractivity contribution in [2.75, 3.05) is 7.11 Å². The third kappa shape index (κ3) is 2.76. The van der Waals surface area contributed by atoms with Crippen molar-refractivity contribution < 1.29 is 4.74 Å². The minimum Gasteiger partial charge on any atom is -0.496 e. The first-order valence-corrected chi connectivity index (χ1v) is 5.95. The van der Waals surface area contributed by atoms with E-state index in [-0.39, 0.29) is 5.54 Å². The van der Waals surface area contributed by atoms with Gasteiger partial charge in [0.05, 0.1) is 7.11 Å². The van der Waals surface area contributed by atoms with Crippen LogP contribution in [0.15, 0.2) is 18.2 Å². The lowest BCUT2D eigenvalue weighted by Gasteiger charge is -2.19.